The molecule has 2 N–H and O–H groups in total. The normalized spacial score (nSPS) is 14.3. The van der Waals surface area contributed by atoms with E-state index < -0.39 is 0 Å². The Balaban J connectivity index is 2.46. The first kappa shape index (κ1) is 13.9. The molecule has 2 unspecified atom stereocenters. The Kier molecular flexibility index (Phi) is 5.87. The Bertz CT molecular complexity index is 337. The van der Waals surface area contributed by atoms with E-state index in [4.69, 9.17) is 10.5 Å². The SMILES string of the molecule is COCCC(C)C(=O)CC(N)c1ccccc1. The van der Waals surface area contributed by atoms with E-state index in [0.717, 1.165) is 12.0 Å². The molecular weight excluding hydrogens is 214 g/mol. The average Bonchev–Trinajstić information content (AvgIpc) is 2.36. The summed E-state index contributed by atoms with van der Waals surface area (Å²) in [5.41, 5.74) is 7.02. The third kappa shape index (κ3) is 4.67. The Morgan fingerprint density at radius 1 is 1.35 bits per heavy atom. The van der Waals surface area contributed by atoms with E-state index in [1.165, 1.54) is 0 Å². The number of hydrogen-bond donors (Lipinski definition) is 1. The lowest BCUT2D eigenvalue weighted by molar-refractivity contribution is -0.123. The van der Waals surface area contributed by atoms with Gasteiger partial charge in [-0.2, -0.15) is 0 Å². The van der Waals surface area contributed by atoms with E-state index in [-0.39, 0.29) is 17.7 Å². The second kappa shape index (κ2) is 7.20. The van der Waals surface area contributed by atoms with Crippen LogP contribution in [0.15, 0.2) is 30.3 Å². The summed E-state index contributed by atoms with van der Waals surface area (Å²) in [6.07, 6.45) is 1.16. The van der Waals surface area contributed by atoms with Crippen LogP contribution in [0.4, 0.5) is 0 Å². The van der Waals surface area contributed by atoms with Crippen molar-refractivity contribution in [1.82, 2.24) is 0 Å². The van der Waals surface area contributed by atoms with Crippen LogP contribution in [0.25, 0.3) is 0 Å². The molecule has 2 atom stereocenters. The fraction of sp³-hybridized carbons (Fsp3) is 0.500. The molecule has 3 nitrogen and oxygen atoms in total. The molecule has 0 heterocycles. The molecule has 1 aromatic carbocycles. The molecule has 0 aliphatic heterocycles. The zero-order chi connectivity index (χ0) is 12.7. The molecule has 0 aromatic heterocycles. The van der Waals surface area contributed by atoms with Crippen molar-refractivity contribution in [3.63, 3.8) is 0 Å². The van der Waals surface area contributed by atoms with E-state index in [1.54, 1.807) is 7.11 Å². The van der Waals surface area contributed by atoms with Crippen LogP contribution in [0.2, 0.25) is 0 Å². The van der Waals surface area contributed by atoms with Gasteiger partial charge in [0.15, 0.2) is 0 Å². The van der Waals surface area contributed by atoms with Gasteiger partial charge in [-0.05, 0) is 12.0 Å². The molecule has 0 spiro atoms. The number of Topliss-reactive ketones (excluding diaryl/α,β-unsaturated/α-hetero) is 1. The standard InChI is InChI=1S/C14H21NO2/c1-11(8-9-17-2)14(16)10-13(15)12-6-4-3-5-7-12/h3-7,11,13H,8-10,15H2,1-2H3. The molecule has 0 saturated heterocycles. The predicted octanol–water partition coefficient (Wildman–Crippen LogP) is 2.32. The van der Waals surface area contributed by atoms with Crippen molar-refractivity contribution < 1.29 is 9.53 Å². The minimum Gasteiger partial charge on any atom is -0.385 e. The van der Waals surface area contributed by atoms with Gasteiger partial charge >= 0.3 is 0 Å². The van der Waals surface area contributed by atoms with Gasteiger partial charge in [0.1, 0.15) is 5.78 Å². The summed E-state index contributed by atoms with van der Waals surface area (Å²) in [6.45, 7) is 2.55. The van der Waals surface area contributed by atoms with Gasteiger partial charge < -0.3 is 10.5 Å². The number of rotatable bonds is 7. The first-order chi connectivity index (χ1) is 8.15. The van der Waals surface area contributed by atoms with Gasteiger partial charge in [0, 0.05) is 32.1 Å². The molecule has 0 bridgehead atoms. The minimum absolute atomic E-state index is 0.0183. The van der Waals surface area contributed by atoms with E-state index in [1.807, 2.05) is 37.3 Å². The van der Waals surface area contributed by atoms with E-state index in [9.17, 15) is 4.79 Å². The third-order valence-corrected chi connectivity index (χ3v) is 2.95. The van der Waals surface area contributed by atoms with Crippen LogP contribution in [0, 0.1) is 5.92 Å². The largest absolute Gasteiger partial charge is 0.385 e. The van der Waals surface area contributed by atoms with Gasteiger partial charge in [-0.15, -0.1) is 0 Å². The monoisotopic (exact) mass is 235 g/mol. The topological polar surface area (TPSA) is 52.3 Å². The van der Waals surface area contributed by atoms with Crippen molar-refractivity contribution in [2.45, 2.75) is 25.8 Å². The second-order valence-corrected chi connectivity index (χ2v) is 4.37. The molecule has 1 aromatic rings. The van der Waals surface area contributed by atoms with Crippen molar-refractivity contribution in [1.29, 1.82) is 0 Å². The average molecular weight is 235 g/mol. The number of nitrogens with two attached hydrogens (primary N) is 1. The maximum Gasteiger partial charge on any atom is 0.137 e. The van der Waals surface area contributed by atoms with Crippen molar-refractivity contribution in [2.75, 3.05) is 13.7 Å². The molecule has 0 amide bonds. The second-order valence-electron chi connectivity index (χ2n) is 4.37. The van der Waals surface area contributed by atoms with Crippen LogP contribution in [0.5, 0.6) is 0 Å². The Labute approximate surface area is 103 Å². The number of ketones is 1. The highest BCUT2D eigenvalue weighted by Crippen LogP contribution is 2.17. The highest BCUT2D eigenvalue weighted by atomic mass is 16.5. The fourth-order valence-electron chi connectivity index (χ4n) is 1.69. The minimum atomic E-state index is -0.200. The number of hydrogen-bond acceptors (Lipinski definition) is 3. The van der Waals surface area contributed by atoms with Gasteiger partial charge in [0.2, 0.25) is 0 Å². The lowest BCUT2D eigenvalue weighted by Gasteiger charge is -2.14. The van der Waals surface area contributed by atoms with Crippen LogP contribution in [0.3, 0.4) is 0 Å². The van der Waals surface area contributed by atoms with Crippen LogP contribution < -0.4 is 5.73 Å². The summed E-state index contributed by atoms with van der Waals surface area (Å²) in [6, 6.07) is 9.53. The molecule has 0 aliphatic rings. The van der Waals surface area contributed by atoms with E-state index >= 15 is 0 Å². The zero-order valence-electron chi connectivity index (χ0n) is 10.6. The van der Waals surface area contributed by atoms with E-state index in [2.05, 4.69) is 0 Å². The van der Waals surface area contributed by atoms with Crippen LogP contribution >= 0.6 is 0 Å². The van der Waals surface area contributed by atoms with E-state index in [0.29, 0.717) is 13.0 Å². The lowest BCUT2D eigenvalue weighted by Crippen LogP contribution is -2.20. The summed E-state index contributed by atoms with van der Waals surface area (Å²) in [5.74, 6) is 0.225. The van der Waals surface area contributed by atoms with Gasteiger partial charge in [-0.1, -0.05) is 37.3 Å². The summed E-state index contributed by atoms with van der Waals surface area (Å²) in [7, 11) is 1.65. The first-order valence-corrected chi connectivity index (χ1v) is 5.97. The van der Waals surface area contributed by atoms with Crippen LogP contribution in [0.1, 0.15) is 31.4 Å². The molecule has 3 heteroatoms. The van der Waals surface area contributed by atoms with Gasteiger partial charge in [0.05, 0.1) is 0 Å². The quantitative estimate of drug-likeness (QED) is 0.789. The molecule has 0 aliphatic carbocycles. The summed E-state index contributed by atoms with van der Waals surface area (Å²) in [4.78, 5) is 11.9. The van der Waals surface area contributed by atoms with Crippen molar-refractivity contribution in [3.8, 4) is 0 Å². The number of carbonyl (C=O) groups excluding carboxylic acids is 1. The summed E-state index contributed by atoms with van der Waals surface area (Å²) in [5, 5.41) is 0. The van der Waals surface area contributed by atoms with Crippen LogP contribution in [-0.2, 0) is 9.53 Å². The van der Waals surface area contributed by atoms with Crippen molar-refractivity contribution in [2.24, 2.45) is 11.7 Å². The van der Waals surface area contributed by atoms with Crippen molar-refractivity contribution in [3.05, 3.63) is 35.9 Å². The summed E-state index contributed by atoms with van der Waals surface area (Å²) >= 11 is 0. The first-order valence-electron chi connectivity index (χ1n) is 5.97. The maximum atomic E-state index is 11.9. The molecule has 0 fully saturated rings. The predicted molar refractivity (Wildman–Crippen MR) is 68.7 cm³/mol. The maximum absolute atomic E-state index is 11.9. The van der Waals surface area contributed by atoms with Gasteiger partial charge in [0.25, 0.3) is 0 Å². The molecule has 94 valence electrons. The van der Waals surface area contributed by atoms with Crippen LogP contribution in [-0.4, -0.2) is 19.5 Å². The Morgan fingerprint density at radius 3 is 2.59 bits per heavy atom. The number of carbonyl (C=O) groups is 1. The molecule has 0 radical (unpaired) electrons. The highest BCUT2D eigenvalue weighted by Gasteiger charge is 2.17. The van der Waals surface area contributed by atoms with Gasteiger partial charge in [-0.3, -0.25) is 4.79 Å². The molecular formula is C14H21NO2. The van der Waals surface area contributed by atoms with Crippen molar-refractivity contribution >= 4 is 5.78 Å². The Hall–Kier alpha value is -1.19. The van der Waals surface area contributed by atoms with Gasteiger partial charge in [-0.25, -0.2) is 0 Å². The fourth-order valence-corrected chi connectivity index (χ4v) is 1.69. The smallest absolute Gasteiger partial charge is 0.137 e. The third-order valence-electron chi connectivity index (χ3n) is 2.95. The highest BCUT2D eigenvalue weighted by molar-refractivity contribution is 5.81. The molecule has 1 rings (SSSR count). The zero-order valence-corrected chi connectivity index (χ0v) is 10.6. The molecule has 0 saturated carbocycles. The Morgan fingerprint density at radius 2 is 2.00 bits per heavy atom. The number of benzene rings is 1. The number of methoxy groups -OCH3 is 1. The lowest BCUT2D eigenvalue weighted by atomic mass is 9.94. The number of ether oxygens (including phenoxy) is 1. The molecule has 17 heavy (non-hydrogen) atoms. The summed E-state index contributed by atoms with van der Waals surface area (Å²) < 4.78 is 4.97.